The molecule has 3 heteroatoms. The molecule has 0 fully saturated rings. The van der Waals surface area contributed by atoms with Crippen molar-refractivity contribution in [2.45, 2.75) is 13.8 Å². The first kappa shape index (κ1) is 13.0. The molecule has 2 rings (SSSR count). The van der Waals surface area contributed by atoms with Crippen molar-refractivity contribution >= 4 is 0 Å². The molecule has 0 bridgehead atoms. The Bertz CT molecular complexity index is 478. The van der Waals surface area contributed by atoms with Crippen LogP contribution >= 0.6 is 0 Å². The highest BCUT2D eigenvalue weighted by Crippen LogP contribution is 2.16. The molecular formula is C14H15FN2. The zero-order valence-corrected chi connectivity index (χ0v) is 10.0. The van der Waals surface area contributed by atoms with Crippen LogP contribution < -0.4 is 0 Å². The van der Waals surface area contributed by atoms with Crippen LogP contribution in [0.15, 0.2) is 49.2 Å². The largest absolute Gasteiger partial charge is 0.242 e. The number of benzene rings is 1. The van der Waals surface area contributed by atoms with Gasteiger partial charge in [-0.2, -0.15) is 0 Å². The van der Waals surface area contributed by atoms with E-state index in [2.05, 4.69) is 16.5 Å². The van der Waals surface area contributed by atoms with Crippen molar-refractivity contribution in [3.8, 4) is 11.3 Å². The Hall–Kier alpha value is -2.03. The van der Waals surface area contributed by atoms with Crippen LogP contribution in [0.5, 0.6) is 0 Å². The van der Waals surface area contributed by atoms with Gasteiger partial charge in [0.15, 0.2) is 0 Å². The molecule has 0 unspecified atom stereocenters. The summed E-state index contributed by atoms with van der Waals surface area (Å²) < 4.78 is 12.6. The number of hydrogen-bond donors (Lipinski definition) is 0. The Balaban J connectivity index is 0.000000437. The third-order valence-corrected chi connectivity index (χ3v) is 1.92. The zero-order chi connectivity index (χ0) is 12.7. The van der Waals surface area contributed by atoms with Crippen molar-refractivity contribution in [3.05, 3.63) is 60.8 Å². The first-order valence-electron chi connectivity index (χ1n) is 5.30. The molecule has 17 heavy (non-hydrogen) atoms. The molecule has 0 amide bonds. The van der Waals surface area contributed by atoms with E-state index in [0.717, 1.165) is 11.3 Å². The highest BCUT2D eigenvalue weighted by atomic mass is 19.1. The lowest BCUT2D eigenvalue weighted by atomic mass is 10.1. The second-order valence-electron chi connectivity index (χ2n) is 3.40. The topological polar surface area (TPSA) is 25.8 Å². The summed E-state index contributed by atoms with van der Waals surface area (Å²) in [5, 5.41) is 0. The molecule has 0 atom stereocenters. The van der Waals surface area contributed by atoms with Gasteiger partial charge in [0.1, 0.15) is 11.6 Å². The lowest BCUT2D eigenvalue weighted by Gasteiger charge is -2.00. The summed E-state index contributed by atoms with van der Waals surface area (Å²) in [4.78, 5) is 8.24. The summed E-state index contributed by atoms with van der Waals surface area (Å²) in [5.41, 5.74) is 1.72. The SMILES string of the molecule is C=CC.Cc1nccc(-c2ccc(F)cc2)n1. The number of allylic oxidation sites excluding steroid dienone is 1. The van der Waals surface area contributed by atoms with Crippen LogP contribution in [0, 0.1) is 12.7 Å². The standard InChI is InChI=1S/C11H9FN2.C3H6/c1-8-13-7-6-11(14-8)9-2-4-10(12)5-3-9;1-3-2/h2-7H,1H3;3H,1H2,2H3. The smallest absolute Gasteiger partial charge is 0.125 e. The number of halogens is 1. The molecule has 0 radical (unpaired) electrons. The average Bonchev–Trinajstić information content (AvgIpc) is 2.31. The normalized spacial score (nSPS) is 9.12. The Labute approximate surface area is 101 Å². The summed E-state index contributed by atoms with van der Waals surface area (Å²) >= 11 is 0. The highest BCUT2D eigenvalue weighted by Gasteiger charge is 1.99. The third-order valence-electron chi connectivity index (χ3n) is 1.92. The van der Waals surface area contributed by atoms with Crippen molar-refractivity contribution in [3.63, 3.8) is 0 Å². The average molecular weight is 230 g/mol. The molecule has 0 N–H and O–H groups in total. The minimum absolute atomic E-state index is 0.237. The van der Waals surface area contributed by atoms with Gasteiger partial charge in [-0.15, -0.1) is 6.58 Å². The van der Waals surface area contributed by atoms with E-state index in [4.69, 9.17) is 0 Å². The van der Waals surface area contributed by atoms with Gasteiger partial charge in [0.05, 0.1) is 5.69 Å². The Morgan fingerprint density at radius 1 is 1.18 bits per heavy atom. The van der Waals surface area contributed by atoms with E-state index in [1.165, 1.54) is 12.1 Å². The van der Waals surface area contributed by atoms with Crippen molar-refractivity contribution < 1.29 is 4.39 Å². The van der Waals surface area contributed by atoms with Crippen LogP contribution in [0.1, 0.15) is 12.7 Å². The maximum absolute atomic E-state index is 12.6. The number of rotatable bonds is 1. The van der Waals surface area contributed by atoms with Crippen LogP contribution in [-0.2, 0) is 0 Å². The number of aryl methyl sites for hydroxylation is 1. The first-order chi connectivity index (χ1) is 8.17. The molecule has 1 aromatic carbocycles. The second kappa shape index (κ2) is 6.53. The van der Waals surface area contributed by atoms with Crippen LogP contribution in [-0.4, -0.2) is 9.97 Å². The fourth-order valence-electron chi connectivity index (χ4n) is 1.24. The fraction of sp³-hybridized carbons (Fsp3) is 0.143. The molecule has 88 valence electrons. The van der Waals surface area contributed by atoms with Gasteiger partial charge >= 0.3 is 0 Å². The highest BCUT2D eigenvalue weighted by molar-refractivity contribution is 5.58. The Kier molecular flexibility index (Phi) is 5.01. The third kappa shape index (κ3) is 4.15. The van der Waals surface area contributed by atoms with Gasteiger partial charge < -0.3 is 0 Å². The lowest BCUT2D eigenvalue weighted by molar-refractivity contribution is 0.628. The second-order valence-corrected chi connectivity index (χ2v) is 3.40. The predicted molar refractivity (Wildman–Crippen MR) is 68.0 cm³/mol. The molecule has 0 aliphatic carbocycles. The van der Waals surface area contributed by atoms with E-state index >= 15 is 0 Å². The monoisotopic (exact) mass is 230 g/mol. The number of hydrogen-bond acceptors (Lipinski definition) is 2. The summed E-state index contributed by atoms with van der Waals surface area (Å²) in [5.74, 6) is 0.478. The Morgan fingerprint density at radius 3 is 2.29 bits per heavy atom. The molecule has 2 aromatic rings. The van der Waals surface area contributed by atoms with Crippen molar-refractivity contribution in [1.82, 2.24) is 9.97 Å². The van der Waals surface area contributed by atoms with Gasteiger partial charge in [0.2, 0.25) is 0 Å². The molecule has 1 heterocycles. The molecule has 1 aromatic heterocycles. The first-order valence-corrected chi connectivity index (χ1v) is 5.30. The van der Waals surface area contributed by atoms with Crippen LogP contribution in [0.3, 0.4) is 0 Å². The van der Waals surface area contributed by atoms with E-state index in [0.29, 0.717) is 5.82 Å². The molecule has 2 nitrogen and oxygen atoms in total. The van der Waals surface area contributed by atoms with E-state index < -0.39 is 0 Å². The van der Waals surface area contributed by atoms with Gasteiger partial charge in [0, 0.05) is 11.8 Å². The van der Waals surface area contributed by atoms with E-state index in [-0.39, 0.29) is 5.82 Å². The van der Waals surface area contributed by atoms with Crippen molar-refractivity contribution in [2.75, 3.05) is 0 Å². The Morgan fingerprint density at radius 2 is 1.76 bits per heavy atom. The minimum atomic E-state index is -0.237. The maximum atomic E-state index is 12.6. The molecular weight excluding hydrogens is 215 g/mol. The number of aromatic nitrogens is 2. The summed E-state index contributed by atoms with van der Waals surface area (Å²) in [7, 11) is 0. The van der Waals surface area contributed by atoms with Crippen LogP contribution in [0.2, 0.25) is 0 Å². The maximum Gasteiger partial charge on any atom is 0.125 e. The summed E-state index contributed by atoms with van der Waals surface area (Å²) in [6, 6.07) is 8.06. The zero-order valence-electron chi connectivity index (χ0n) is 10.0. The molecule has 0 saturated heterocycles. The van der Waals surface area contributed by atoms with Crippen molar-refractivity contribution in [1.29, 1.82) is 0 Å². The molecule has 0 aliphatic heterocycles. The van der Waals surface area contributed by atoms with Gasteiger partial charge in [-0.05, 0) is 44.2 Å². The van der Waals surface area contributed by atoms with Gasteiger partial charge in [-0.1, -0.05) is 6.08 Å². The molecule has 0 spiro atoms. The van der Waals surface area contributed by atoms with E-state index in [1.54, 1.807) is 30.5 Å². The van der Waals surface area contributed by atoms with Gasteiger partial charge in [-0.25, -0.2) is 14.4 Å². The lowest BCUT2D eigenvalue weighted by Crippen LogP contribution is -1.89. The van der Waals surface area contributed by atoms with E-state index in [9.17, 15) is 4.39 Å². The molecule has 0 saturated carbocycles. The quantitative estimate of drug-likeness (QED) is 0.697. The predicted octanol–water partition coefficient (Wildman–Crippen LogP) is 3.78. The summed E-state index contributed by atoms with van der Waals surface area (Å²) in [6.07, 6.45) is 3.45. The van der Waals surface area contributed by atoms with E-state index in [1.807, 2.05) is 13.8 Å². The fourth-order valence-corrected chi connectivity index (χ4v) is 1.24. The molecule has 0 aliphatic rings. The summed E-state index contributed by atoms with van der Waals surface area (Å²) in [6.45, 7) is 7.08. The van der Waals surface area contributed by atoms with Crippen LogP contribution in [0.25, 0.3) is 11.3 Å². The van der Waals surface area contributed by atoms with Gasteiger partial charge in [-0.3, -0.25) is 0 Å². The van der Waals surface area contributed by atoms with Gasteiger partial charge in [0.25, 0.3) is 0 Å². The van der Waals surface area contributed by atoms with Crippen molar-refractivity contribution in [2.24, 2.45) is 0 Å². The minimum Gasteiger partial charge on any atom is -0.242 e. The number of nitrogens with zero attached hydrogens (tertiary/aromatic N) is 2. The van der Waals surface area contributed by atoms with Crippen LogP contribution in [0.4, 0.5) is 4.39 Å².